The largest absolute Gasteiger partial charge is 0.387 e. The van der Waals surface area contributed by atoms with Gasteiger partial charge >= 0.3 is 0 Å². The maximum absolute atomic E-state index is 10.8. The fourth-order valence-electron chi connectivity index (χ4n) is 2.03. The molecule has 1 rings (SSSR count). The molecule has 1 heterocycles. The highest BCUT2D eigenvalue weighted by molar-refractivity contribution is 5.86. The van der Waals surface area contributed by atoms with Gasteiger partial charge in [0.25, 0.3) is 0 Å². The lowest BCUT2D eigenvalue weighted by atomic mass is 9.99. The average Bonchev–Trinajstić information content (AvgIpc) is 2.61. The zero-order valence-electron chi connectivity index (χ0n) is 14.0. The van der Waals surface area contributed by atoms with Crippen LogP contribution < -0.4 is 5.32 Å². The number of ether oxygens (including phenoxy) is 4. The highest BCUT2D eigenvalue weighted by Gasteiger charge is 2.42. The van der Waals surface area contributed by atoms with Gasteiger partial charge in [0.2, 0.25) is 5.91 Å². The molecule has 5 atom stereocenters. The van der Waals surface area contributed by atoms with E-state index < -0.39 is 30.7 Å². The van der Waals surface area contributed by atoms with Gasteiger partial charge in [-0.15, -0.1) is 0 Å². The summed E-state index contributed by atoms with van der Waals surface area (Å²) >= 11 is 0. The second-order valence-electron chi connectivity index (χ2n) is 5.33. The molecule has 0 aliphatic carbocycles. The molecule has 0 spiro atoms. The number of carbonyl (C=O) groups is 1. The third-order valence-electron chi connectivity index (χ3n) is 3.44. The molecule has 10 heteroatoms. The molecule has 5 N–H and O–H groups in total. The normalized spacial score (nSPS) is 29.4. The molecule has 1 fully saturated rings. The van der Waals surface area contributed by atoms with Crippen LogP contribution in [0.2, 0.25) is 0 Å². The van der Waals surface area contributed by atoms with Crippen LogP contribution in [-0.4, -0.2) is 103 Å². The van der Waals surface area contributed by atoms with E-state index in [2.05, 4.69) is 11.9 Å². The van der Waals surface area contributed by atoms with Crippen molar-refractivity contribution in [3.05, 3.63) is 12.7 Å². The van der Waals surface area contributed by atoms with Crippen molar-refractivity contribution in [1.29, 1.82) is 0 Å². The number of carbonyl (C=O) groups excluding carboxylic acids is 1. The van der Waals surface area contributed by atoms with E-state index in [1.165, 1.54) is 6.08 Å². The topological polar surface area (TPSA) is 147 Å². The molecule has 0 radical (unpaired) electrons. The smallest absolute Gasteiger partial charge is 0.243 e. The van der Waals surface area contributed by atoms with Crippen LogP contribution >= 0.6 is 0 Å². The van der Waals surface area contributed by atoms with Crippen molar-refractivity contribution in [3.8, 4) is 0 Å². The van der Waals surface area contributed by atoms with E-state index in [-0.39, 0.29) is 25.7 Å². The third kappa shape index (κ3) is 8.21. The van der Waals surface area contributed by atoms with E-state index in [0.29, 0.717) is 26.4 Å². The monoisotopic (exact) mass is 365 g/mol. The van der Waals surface area contributed by atoms with Crippen LogP contribution in [0.5, 0.6) is 0 Å². The number of rotatable bonds is 12. The second kappa shape index (κ2) is 12.3. The molecule has 0 unspecified atom stereocenters. The first-order valence-electron chi connectivity index (χ1n) is 7.98. The molecule has 10 nitrogen and oxygen atoms in total. The fraction of sp³-hybridized carbons (Fsp3) is 0.800. The summed E-state index contributed by atoms with van der Waals surface area (Å²) in [6.45, 7) is 5.24. The van der Waals surface area contributed by atoms with Crippen LogP contribution in [0.25, 0.3) is 0 Å². The van der Waals surface area contributed by atoms with Crippen LogP contribution in [0, 0.1) is 0 Å². The second-order valence-corrected chi connectivity index (χ2v) is 5.33. The molecule has 1 saturated heterocycles. The Bertz CT molecular complexity index is 395. The lowest BCUT2D eigenvalue weighted by Crippen LogP contribution is -2.58. The van der Waals surface area contributed by atoms with Crippen molar-refractivity contribution < 1.29 is 44.2 Å². The highest BCUT2D eigenvalue weighted by atomic mass is 16.6. The molecular formula is C15H27NO9. The minimum Gasteiger partial charge on any atom is -0.387 e. The van der Waals surface area contributed by atoms with Crippen molar-refractivity contribution in [2.75, 3.05) is 46.2 Å². The fourth-order valence-corrected chi connectivity index (χ4v) is 2.03. The van der Waals surface area contributed by atoms with Crippen LogP contribution in [-0.2, 0) is 23.7 Å². The van der Waals surface area contributed by atoms with Crippen molar-refractivity contribution in [3.63, 3.8) is 0 Å². The summed E-state index contributed by atoms with van der Waals surface area (Å²) in [4.78, 5) is 10.8. The Morgan fingerprint density at radius 1 is 0.960 bits per heavy atom. The Kier molecular flexibility index (Phi) is 10.8. The summed E-state index contributed by atoms with van der Waals surface area (Å²) in [5.74, 6) is -0.251. The van der Waals surface area contributed by atoms with Gasteiger partial charge in [-0.2, -0.15) is 0 Å². The molecule has 1 amide bonds. The molecule has 0 aromatic carbocycles. The Morgan fingerprint density at radius 3 is 2.20 bits per heavy atom. The van der Waals surface area contributed by atoms with E-state index in [0.717, 1.165) is 0 Å². The lowest BCUT2D eigenvalue weighted by molar-refractivity contribution is -0.288. The summed E-state index contributed by atoms with van der Waals surface area (Å²) in [6.07, 6.45) is -5.74. The molecule has 0 aromatic rings. The minimum atomic E-state index is -1.57. The van der Waals surface area contributed by atoms with Crippen LogP contribution in [0.4, 0.5) is 0 Å². The standard InChI is InChI=1S/C15H27NO9/c1-2-11(17)16-3-4-22-5-6-23-7-8-24-9-10-12(18)13(19)14(20)15(21)25-10/h2,10,12-15,18-21H,1,3-9H2,(H,16,17)/t10-,12+,13+,14-,15+/m1/s1. The summed E-state index contributed by atoms with van der Waals surface area (Å²) < 4.78 is 20.7. The van der Waals surface area contributed by atoms with Crippen molar-refractivity contribution in [1.82, 2.24) is 5.32 Å². The molecule has 146 valence electrons. The van der Waals surface area contributed by atoms with Gasteiger partial charge < -0.3 is 44.7 Å². The Labute approximate surface area is 145 Å². The van der Waals surface area contributed by atoms with Gasteiger partial charge in [0.05, 0.1) is 39.6 Å². The van der Waals surface area contributed by atoms with Crippen LogP contribution in [0.15, 0.2) is 12.7 Å². The molecule has 25 heavy (non-hydrogen) atoms. The summed E-state index contributed by atoms with van der Waals surface area (Å²) in [6, 6.07) is 0. The zero-order valence-corrected chi connectivity index (χ0v) is 14.0. The maximum atomic E-state index is 10.8. The van der Waals surface area contributed by atoms with E-state index in [9.17, 15) is 25.2 Å². The zero-order chi connectivity index (χ0) is 18.7. The molecule has 0 bridgehead atoms. The first kappa shape index (κ1) is 21.9. The van der Waals surface area contributed by atoms with E-state index in [4.69, 9.17) is 18.9 Å². The summed E-state index contributed by atoms with van der Waals surface area (Å²) in [5, 5.41) is 40.5. The van der Waals surface area contributed by atoms with E-state index >= 15 is 0 Å². The van der Waals surface area contributed by atoms with Gasteiger partial charge in [-0.3, -0.25) is 4.79 Å². The average molecular weight is 365 g/mol. The Hall–Kier alpha value is -1.11. The predicted molar refractivity (Wildman–Crippen MR) is 84.6 cm³/mol. The predicted octanol–water partition coefficient (Wildman–Crippen LogP) is -2.86. The molecule has 1 aliphatic rings. The molecule has 0 saturated carbocycles. The van der Waals surface area contributed by atoms with Crippen molar-refractivity contribution in [2.24, 2.45) is 0 Å². The van der Waals surface area contributed by atoms with Crippen molar-refractivity contribution in [2.45, 2.75) is 30.7 Å². The highest BCUT2D eigenvalue weighted by Crippen LogP contribution is 2.19. The van der Waals surface area contributed by atoms with Gasteiger partial charge in [0.15, 0.2) is 6.29 Å². The Balaban J connectivity index is 1.95. The molecule has 0 aromatic heterocycles. The third-order valence-corrected chi connectivity index (χ3v) is 3.44. The minimum absolute atomic E-state index is 0.0646. The molecular weight excluding hydrogens is 338 g/mol. The SMILES string of the molecule is C=CC(=O)NCCOCCOCCOC[C@H]1O[C@H](O)[C@H](O)[C@@H](O)[C@H]1O. The number of aliphatic hydroxyl groups excluding tert-OH is 4. The number of amides is 1. The van der Waals surface area contributed by atoms with Crippen LogP contribution in [0.1, 0.15) is 0 Å². The van der Waals surface area contributed by atoms with Gasteiger partial charge in [-0.1, -0.05) is 6.58 Å². The first-order chi connectivity index (χ1) is 12.0. The lowest BCUT2D eigenvalue weighted by Gasteiger charge is -2.38. The van der Waals surface area contributed by atoms with Gasteiger partial charge in [-0.25, -0.2) is 0 Å². The quantitative estimate of drug-likeness (QED) is 0.182. The Morgan fingerprint density at radius 2 is 1.56 bits per heavy atom. The first-order valence-corrected chi connectivity index (χ1v) is 7.98. The van der Waals surface area contributed by atoms with Crippen molar-refractivity contribution >= 4 is 5.91 Å². The summed E-state index contributed by atoms with van der Waals surface area (Å²) in [5.41, 5.74) is 0. The molecule has 1 aliphatic heterocycles. The van der Waals surface area contributed by atoms with Crippen LogP contribution in [0.3, 0.4) is 0 Å². The number of hydrogen-bond acceptors (Lipinski definition) is 9. The summed E-state index contributed by atoms with van der Waals surface area (Å²) in [7, 11) is 0. The number of nitrogens with one attached hydrogen (secondary N) is 1. The van der Waals surface area contributed by atoms with Gasteiger partial charge in [0.1, 0.15) is 24.4 Å². The number of aliphatic hydroxyl groups is 4. The van der Waals surface area contributed by atoms with Gasteiger partial charge in [-0.05, 0) is 6.08 Å². The number of hydrogen-bond donors (Lipinski definition) is 5. The van der Waals surface area contributed by atoms with Gasteiger partial charge in [0, 0.05) is 6.54 Å². The van der Waals surface area contributed by atoms with E-state index in [1.54, 1.807) is 0 Å². The van der Waals surface area contributed by atoms with E-state index in [1.807, 2.05) is 0 Å². The maximum Gasteiger partial charge on any atom is 0.243 e.